The van der Waals surface area contributed by atoms with Gasteiger partial charge in [0.1, 0.15) is 5.82 Å². The first kappa shape index (κ1) is 13.9. The van der Waals surface area contributed by atoms with Crippen LogP contribution in [0.15, 0.2) is 30.5 Å². The maximum atomic E-state index is 13.6. The van der Waals surface area contributed by atoms with Crippen LogP contribution in [0.1, 0.15) is 24.0 Å². The van der Waals surface area contributed by atoms with Gasteiger partial charge in [-0.25, -0.2) is 13.8 Å². The lowest BCUT2D eigenvalue weighted by atomic mass is 10.2. The second-order valence-corrected chi connectivity index (χ2v) is 5.30. The Balaban J connectivity index is 1.74. The van der Waals surface area contributed by atoms with Crippen molar-refractivity contribution in [2.75, 3.05) is 0 Å². The third-order valence-corrected chi connectivity index (χ3v) is 3.36. The molecule has 1 aromatic heterocycles. The highest BCUT2D eigenvalue weighted by molar-refractivity contribution is 5.34. The van der Waals surface area contributed by atoms with E-state index < -0.39 is 11.6 Å². The highest BCUT2D eigenvalue weighted by Gasteiger charge is 2.20. The smallest absolute Gasteiger partial charge is 0.222 e. The molecule has 2 aromatic rings. The molecule has 1 saturated carbocycles. The third kappa shape index (κ3) is 3.55. The Morgan fingerprint density at radius 3 is 2.81 bits per heavy atom. The third-order valence-electron chi connectivity index (χ3n) is 3.36. The van der Waals surface area contributed by atoms with Crippen LogP contribution in [-0.2, 0) is 6.54 Å². The molecule has 0 spiro atoms. The fraction of sp³-hybridized carbons (Fsp3) is 0.312. The van der Waals surface area contributed by atoms with Gasteiger partial charge in [0.25, 0.3) is 0 Å². The lowest BCUT2D eigenvalue weighted by Gasteiger charge is -2.10. The molecule has 0 bridgehead atoms. The summed E-state index contributed by atoms with van der Waals surface area (Å²) in [6, 6.07) is 5.67. The molecule has 3 rings (SSSR count). The van der Waals surface area contributed by atoms with Crippen LogP contribution >= 0.6 is 0 Å². The number of pyridine rings is 1. The molecular formula is C16H16F2N2O. The zero-order valence-corrected chi connectivity index (χ0v) is 11.7. The molecule has 1 aromatic carbocycles. The van der Waals surface area contributed by atoms with Crippen LogP contribution in [0.5, 0.6) is 11.6 Å². The summed E-state index contributed by atoms with van der Waals surface area (Å²) in [5.74, 6) is -1.03. The zero-order chi connectivity index (χ0) is 14.8. The highest BCUT2D eigenvalue weighted by Crippen LogP contribution is 2.26. The summed E-state index contributed by atoms with van der Waals surface area (Å²) >= 11 is 0. The fourth-order valence-corrected chi connectivity index (χ4v) is 2.03. The summed E-state index contributed by atoms with van der Waals surface area (Å²) in [5, 5.41) is 3.40. The number of aryl methyl sites for hydroxylation is 1. The van der Waals surface area contributed by atoms with Crippen LogP contribution in [0.4, 0.5) is 8.78 Å². The molecule has 5 heteroatoms. The number of aromatic nitrogens is 1. The molecule has 1 fully saturated rings. The minimum atomic E-state index is -0.614. The average molecular weight is 290 g/mol. The predicted molar refractivity (Wildman–Crippen MR) is 75.3 cm³/mol. The molecule has 0 radical (unpaired) electrons. The van der Waals surface area contributed by atoms with Crippen LogP contribution in [0.2, 0.25) is 0 Å². The van der Waals surface area contributed by atoms with Gasteiger partial charge < -0.3 is 10.1 Å². The first-order chi connectivity index (χ1) is 10.1. The van der Waals surface area contributed by atoms with E-state index in [0.717, 1.165) is 35.9 Å². The molecule has 0 atom stereocenters. The predicted octanol–water partition coefficient (Wildman–Crippen LogP) is 3.71. The number of benzene rings is 1. The Labute approximate surface area is 122 Å². The Hall–Kier alpha value is -2.01. The Kier molecular flexibility index (Phi) is 3.84. The van der Waals surface area contributed by atoms with Crippen molar-refractivity contribution >= 4 is 0 Å². The van der Waals surface area contributed by atoms with Gasteiger partial charge in [0.15, 0.2) is 11.6 Å². The number of rotatable bonds is 5. The van der Waals surface area contributed by atoms with Crippen molar-refractivity contribution in [2.45, 2.75) is 32.4 Å². The monoisotopic (exact) mass is 290 g/mol. The second-order valence-electron chi connectivity index (χ2n) is 5.30. The standard InChI is InChI=1S/C16H16F2N2O/c1-10-6-11(8-19-13-3-4-13)9-20-16(10)21-15-7-12(17)2-5-14(15)18/h2,5-7,9,13,19H,3-4,8H2,1H3. The number of nitrogens with zero attached hydrogens (tertiary/aromatic N) is 1. The summed E-state index contributed by atoms with van der Waals surface area (Å²) < 4.78 is 32.0. The maximum Gasteiger partial charge on any atom is 0.222 e. The van der Waals surface area contributed by atoms with Crippen LogP contribution < -0.4 is 10.1 Å². The fourth-order valence-electron chi connectivity index (χ4n) is 2.03. The van der Waals surface area contributed by atoms with Gasteiger partial charge >= 0.3 is 0 Å². The number of nitrogens with one attached hydrogen (secondary N) is 1. The van der Waals surface area contributed by atoms with Crippen LogP contribution in [-0.4, -0.2) is 11.0 Å². The van der Waals surface area contributed by atoms with E-state index in [1.54, 1.807) is 6.20 Å². The van der Waals surface area contributed by atoms with Gasteiger partial charge in [-0.05, 0) is 43.5 Å². The maximum absolute atomic E-state index is 13.6. The number of hydrogen-bond acceptors (Lipinski definition) is 3. The van der Waals surface area contributed by atoms with E-state index in [2.05, 4.69) is 10.3 Å². The van der Waals surface area contributed by atoms with Crippen molar-refractivity contribution in [2.24, 2.45) is 0 Å². The summed E-state index contributed by atoms with van der Waals surface area (Å²) in [7, 11) is 0. The minimum absolute atomic E-state index is 0.158. The Bertz CT molecular complexity index is 657. The van der Waals surface area contributed by atoms with E-state index >= 15 is 0 Å². The van der Waals surface area contributed by atoms with Gasteiger partial charge in [-0.1, -0.05) is 0 Å². The van der Waals surface area contributed by atoms with Gasteiger partial charge in [-0.2, -0.15) is 0 Å². The quantitative estimate of drug-likeness (QED) is 0.911. The molecule has 1 aliphatic rings. The first-order valence-corrected chi connectivity index (χ1v) is 6.93. The van der Waals surface area contributed by atoms with E-state index in [1.165, 1.54) is 12.8 Å². The molecule has 0 aliphatic heterocycles. The SMILES string of the molecule is Cc1cc(CNC2CC2)cnc1Oc1cc(F)ccc1F. The summed E-state index contributed by atoms with van der Waals surface area (Å²) in [6.07, 6.45) is 4.15. The van der Waals surface area contributed by atoms with Gasteiger partial charge in [0.05, 0.1) is 0 Å². The Morgan fingerprint density at radius 1 is 1.29 bits per heavy atom. The molecule has 21 heavy (non-hydrogen) atoms. The van der Waals surface area contributed by atoms with Crippen molar-refractivity contribution in [3.8, 4) is 11.6 Å². The minimum Gasteiger partial charge on any atom is -0.436 e. The van der Waals surface area contributed by atoms with Gasteiger partial charge in [-0.3, -0.25) is 0 Å². The van der Waals surface area contributed by atoms with Crippen molar-refractivity contribution < 1.29 is 13.5 Å². The molecule has 1 N–H and O–H groups in total. The summed E-state index contributed by atoms with van der Waals surface area (Å²) in [6.45, 7) is 2.59. The molecular weight excluding hydrogens is 274 g/mol. The molecule has 110 valence electrons. The largest absolute Gasteiger partial charge is 0.436 e. The lowest BCUT2D eigenvalue weighted by molar-refractivity contribution is 0.419. The first-order valence-electron chi connectivity index (χ1n) is 6.93. The topological polar surface area (TPSA) is 34.2 Å². The van der Waals surface area contributed by atoms with Crippen LogP contribution in [0.25, 0.3) is 0 Å². The summed E-state index contributed by atoms with van der Waals surface area (Å²) in [5.41, 5.74) is 1.83. The number of hydrogen-bond donors (Lipinski definition) is 1. The molecule has 3 nitrogen and oxygen atoms in total. The van der Waals surface area contributed by atoms with E-state index in [-0.39, 0.29) is 11.6 Å². The Morgan fingerprint density at radius 2 is 2.10 bits per heavy atom. The van der Waals surface area contributed by atoms with Crippen molar-refractivity contribution in [3.05, 3.63) is 53.2 Å². The van der Waals surface area contributed by atoms with E-state index in [4.69, 9.17) is 4.74 Å². The van der Waals surface area contributed by atoms with Crippen molar-refractivity contribution in [1.82, 2.24) is 10.3 Å². The normalized spacial score (nSPS) is 14.2. The number of ether oxygens (including phenoxy) is 1. The average Bonchev–Trinajstić information content (AvgIpc) is 3.27. The van der Waals surface area contributed by atoms with Crippen LogP contribution in [0.3, 0.4) is 0 Å². The van der Waals surface area contributed by atoms with Crippen molar-refractivity contribution in [3.63, 3.8) is 0 Å². The van der Waals surface area contributed by atoms with Crippen LogP contribution in [0, 0.1) is 18.6 Å². The summed E-state index contributed by atoms with van der Waals surface area (Å²) in [4.78, 5) is 4.19. The van der Waals surface area contributed by atoms with E-state index in [9.17, 15) is 8.78 Å². The molecule has 0 saturated heterocycles. The van der Waals surface area contributed by atoms with Gasteiger partial charge in [0.2, 0.25) is 5.88 Å². The molecule has 0 unspecified atom stereocenters. The number of halogens is 2. The lowest BCUT2D eigenvalue weighted by Crippen LogP contribution is -2.15. The zero-order valence-electron chi connectivity index (χ0n) is 11.7. The molecule has 1 aliphatic carbocycles. The second kappa shape index (κ2) is 5.77. The molecule has 1 heterocycles. The van der Waals surface area contributed by atoms with E-state index in [0.29, 0.717) is 6.04 Å². The van der Waals surface area contributed by atoms with Crippen molar-refractivity contribution in [1.29, 1.82) is 0 Å². The van der Waals surface area contributed by atoms with E-state index in [1.807, 2.05) is 13.0 Å². The molecule has 0 amide bonds. The van der Waals surface area contributed by atoms with Gasteiger partial charge in [-0.15, -0.1) is 0 Å². The van der Waals surface area contributed by atoms with Gasteiger partial charge in [0, 0.05) is 30.4 Å². The highest BCUT2D eigenvalue weighted by atomic mass is 19.1.